The number of esters is 2. The van der Waals surface area contributed by atoms with Crippen molar-refractivity contribution in [3.8, 4) is 0 Å². The molecule has 4 atom stereocenters. The SMILES string of the molecule is CCCCCCCCC(COC(CCCCCCCC)C(=O)OC)OCCOCCOC(CCCCCCCC)COC(CCCCCCCC)C(=O)OC. The van der Waals surface area contributed by atoms with Crippen molar-refractivity contribution < 1.29 is 42.7 Å². The fourth-order valence-electron chi connectivity index (χ4n) is 6.85. The third kappa shape index (κ3) is 34.5. The second-order valence-electron chi connectivity index (χ2n) is 15.5. The van der Waals surface area contributed by atoms with Crippen LogP contribution < -0.4 is 0 Å². The molecule has 0 saturated heterocycles. The first-order valence-electron chi connectivity index (χ1n) is 23.2. The van der Waals surface area contributed by atoms with E-state index >= 15 is 0 Å². The van der Waals surface area contributed by atoms with E-state index in [0.29, 0.717) is 52.5 Å². The molecule has 0 fully saturated rings. The maximum atomic E-state index is 12.5. The molecule has 0 heterocycles. The highest BCUT2D eigenvalue weighted by Crippen LogP contribution is 2.17. The molecule has 0 aromatic carbocycles. The van der Waals surface area contributed by atoms with Crippen molar-refractivity contribution >= 4 is 11.9 Å². The van der Waals surface area contributed by atoms with Crippen LogP contribution in [-0.4, -0.2) is 90.2 Å². The van der Waals surface area contributed by atoms with Crippen LogP contribution in [0.15, 0.2) is 0 Å². The van der Waals surface area contributed by atoms with Crippen molar-refractivity contribution in [2.45, 2.75) is 232 Å². The minimum Gasteiger partial charge on any atom is -0.467 e. The molecule has 0 aliphatic carbocycles. The monoisotopic (exact) mass is 787 g/mol. The van der Waals surface area contributed by atoms with Crippen molar-refractivity contribution in [3.05, 3.63) is 0 Å². The average molecular weight is 787 g/mol. The molecule has 0 amide bonds. The zero-order valence-electron chi connectivity index (χ0n) is 37.0. The van der Waals surface area contributed by atoms with E-state index in [9.17, 15) is 9.59 Å². The van der Waals surface area contributed by atoms with Gasteiger partial charge in [-0.25, -0.2) is 9.59 Å². The van der Waals surface area contributed by atoms with Gasteiger partial charge in [-0.3, -0.25) is 0 Å². The first-order valence-corrected chi connectivity index (χ1v) is 23.2. The van der Waals surface area contributed by atoms with Crippen LogP contribution in [0.4, 0.5) is 0 Å². The average Bonchev–Trinajstić information content (AvgIpc) is 3.20. The molecule has 0 saturated carbocycles. The minimum absolute atomic E-state index is 0.0966. The highest BCUT2D eigenvalue weighted by molar-refractivity contribution is 5.74. The second-order valence-corrected chi connectivity index (χ2v) is 15.5. The van der Waals surface area contributed by atoms with E-state index in [4.69, 9.17) is 33.2 Å². The van der Waals surface area contributed by atoms with Crippen LogP contribution in [0.3, 0.4) is 0 Å². The Morgan fingerprint density at radius 1 is 0.364 bits per heavy atom. The maximum Gasteiger partial charge on any atom is 0.334 e. The Balaban J connectivity index is 4.94. The normalized spacial score (nSPS) is 13.8. The van der Waals surface area contributed by atoms with Gasteiger partial charge in [-0.15, -0.1) is 0 Å². The summed E-state index contributed by atoms with van der Waals surface area (Å²) in [7, 11) is 2.87. The van der Waals surface area contributed by atoms with Gasteiger partial charge in [0.2, 0.25) is 0 Å². The molecule has 0 radical (unpaired) electrons. The number of hydrogen-bond acceptors (Lipinski definition) is 9. The summed E-state index contributed by atoms with van der Waals surface area (Å²) in [5.74, 6) is -0.594. The number of ether oxygens (including phenoxy) is 7. The number of methoxy groups -OCH3 is 2. The molecule has 9 heteroatoms. The van der Waals surface area contributed by atoms with Gasteiger partial charge in [0, 0.05) is 0 Å². The van der Waals surface area contributed by atoms with Crippen LogP contribution in [0.25, 0.3) is 0 Å². The fourth-order valence-corrected chi connectivity index (χ4v) is 6.85. The Bertz CT molecular complexity index is 746. The van der Waals surface area contributed by atoms with E-state index in [0.717, 1.165) is 51.4 Å². The molecule has 55 heavy (non-hydrogen) atoms. The van der Waals surface area contributed by atoms with E-state index in [1.807, 2.05) is 0 Å². The lowest BCUT2D eigenvalue weighted by molar-refractivity contribution is -0.158. The Hall–Kier alpha value is -1.26. The first-order chi connectivity index (χ1) is 27.0. The minimum atomic E-state index is -0.549. The first kappa shape index (κ1) is 53.7. The predicted molar refractivity (Wildman–Crippen MR) is 226 cm³/mol. The van der Waals surface area contributed by atoms with Crippen molar-refractivity contribution in [1.29, 1.82) is 0 Å². The van der Waals surface area contributed by atoms with Crippen molar-refractivity contribution in [3.63, 3.8) is 0 Å². The Morgan fingerprint density at radius 2 is 0.655 bits per heavy atom. The van der Waals surface area contributed by atoms with Gasteiger partial charge in [0.1, 0.15) is 0 Å². The van der Waals surface area contributed by atoms with Crippen LogP contribution in [0.5, 0.6) is 0 Å². The maximum absolute atomic E-state index is 12.5. The van der Waals surface area contributed by atoms with E-state index in [1.165, 1.54) is 130 Å². The number of carbonyl (C=O) groups is 2. The van der Waals surface area contributed by atoms with Crippen LogP contribution in [0, 0.1) is 0 Å². The summed E-state index contributed by atoms with van der Waals surface area (Å²) in [6.07, 6.45) is 30.4. The van der Waals surface area contributed by atoms with Gasteiger partial charge < -0.3 is 33.2 Å². The van der Waals surface area contributed by atoms with Gasteiger partial charge in [0.05, 0.1) is 66.1 Å². The van der Waals surface area contributed by atoms with Gasteiger partial charge in [-0.1, -0.05) is 182 Å². The predicted octanol–water partition coefficient (Wildman–Crippen LogP) is 11.9. The van der Waals surface area contributed by atoms with Crippen molar-refractivity contribution in [1.82, 2.24) is 0 Å². The van der Waals surface area contributed by atoms with Gasteiger partial charge >= 0.3 is 11.9 Å². The molecule has 0 aromatic heterocycles. The van der Waals surface area contributed by atoms with Gasteiger partial charge in [0.15, 0.2) is 12.2 Å². The third-order valence-electron chi connectivity index (χ3n) is 10.5. The molecule has 0 aromatic rings. The molecular formula is C46H90O9. The molecule has 0 N–H and O–H groups in total. The van der Waals surface area contributed by atoms with Crippen LogP contribution in [0.1, 0.15) is 207 Å². The number of carbonyl (C=O) groups excluding carboxylic acids is 2. The molecule has 0 spiro atoms. The zero-order chi connectivity index (χ0) is 40.5. The summed E-state index contributed by atoms with van der Waals surface area (Å²) in [5.41, 5.74) is 0. The quantitative estimate of drug-likeness (QED) is 0.0441. The summed E-state index contributed by atoms with van der Waals surface area (Å²) in [5, 5.41) is 0. The largest absolute Gasteiger partial charge is 0.467 e. The molecule has 0 aliphatic heterocycles. The third-order valence-corrected chi connectivity index (χ3v) is 10.5. The van der Waals surface area contributed by atoms with E-state index < -0.39 is 12.2 Å². The van der Waals surface area contributed by atoms with Gasteiger partial charge in [-0.2, -0.15) is 0 Å². The smallest absolute Gasteiger partial charge is 0.334 e. The van der Waals surface area contributed by atoms with Crippen LogP contribution in [0.2, 0.25) is 0 Å². The highest BCUT2D eigenvalue weighted by Gasteiger charge is 2.23. The van der Waals surface area contributed by atoms with E-state index in [2.05, 4.69) is 27.7 Å². The topological polar surface area (TPSA) is 98.8 Å². The van der Waals surface area contributed by atoms with E-state index in [1.54, 1.807) is 0 Å². The lowest BCUT2D eigenvalue weighted by atomic mass is 10.1. The molecule has 328 valence electrons. The second kappa shape index (κ2) is 42.3. The van der Waals surface area contributed by atoms with Gasteiger partial charge in [0.25, 0.3) is 0 Å². The molecule has 9 nitrogen and oxygen atoms in total. The summed E-state index contributed by atoms with van der Waals surface area (Å²) in [6, 6.07) is 0. The molecule has 0 rings (SSSR count). The zero-order valence-corrected chi connectivity index (χ0v) is 37.0. The summed E-state index contributed by atoms with van der Waals surface area (Å²) in [6.45, 7) is 11.5. The van der Waals surface area contributed by atoms with Crippen molar-refractivity contribution in [2.75, 3.05) is 53.9 Å². The lowest BCUT2D eigenvalue weighted by Gasteiger charge is -2.22. The fraction of sp³-hybridized carbons (Fsp3) is 0.957. The molecule has 0 aliphatic rings. The van der Waals surface area contributed by atoms with E-state index in [-0.39, 0.29) is 24.1 Å². The summed E-state index contributed by atoms with van der Waals surface area (Å²) in [4.78, 5) is 25.0. The Kier molecular flexibility index (Phi) is 41.4. The summed E-state index contributed by atoms with van der Waals surface area (Å²) >= 11 is 0. The Morgan fingerprint density at radius 3 is 0.964 bits per heavy atom. The number of unbranched alkanes of at least 4 members (excludes halogenated alkanes) is 20. The molecule has 0 bridgehead atoms. The van der Waals surface area contributed by atoms with Gasteiger partial charge in [-0.05, 0) is 25.7 Å². The van der Waals surface area contributed by atoms with Crippen LogP contribution >= 0.6 is 0 Å². The Labute approximate surface area is 339 Å². The number of hydrogen-bond donors (Lipinski definition) is 0. The molecule has 4 unspecified atom stereocenters. The number of rotatable bonds is 44. The van der Waals surface area contributed by atoms with Crippen molar-refractivity contribution in [2.24, 2.45) is 0 Å². The van der Waals surface area contributed by atoms with Crippen LogP contribution in [-0.2, 0) is 42.7 Å². The highest BCUT2D eigenvalue weighted by atomic mass is 16.6. The standard InChI is InChI=1S/C46H90O9/c1-7-11-15-19-23-27-31-41(39-54-43(45(47)49-5)33-29-25-21-17-13-9-3)52-37-35-51-36-38-53-42(32-28-24-20-16-12-8-2)40-55-44(46(48)50-6)34-30-26-22-18-14-10-4/h41-44H,7-40H2,1-6H3. The molecular weight excluding hydrogens is 696 g/mol. The summed E-state index contributed by atoms with van der Waals surface area (Å²) < 4.78 is 41.0. The lowest BCUT2D eigenvalue weighted by Crippen LogP contribution is -2.31.